The summed E-state index contributed by atoms with van der Waals surface area (Å²) in [6, 6.07) is 6.30. The smallest absolute Gasteiger partial charge is 0.223 e. The quantitative estimate of drug-likeness (QED) is 0.882. The standard InChI is InChI=1S/C15H20N4/c1-10-8-11(2)14(12(3)9-10)13-4-6-17-15(19-13)18-7-5-16/h4,6,8-9H,5,7,16H2,1-3H3,(H,17,18,19). The van der Waals surface area contributed by atoms with Gasteiger partial charge < -0.3 is 11.1 Å². The molecule has 0 aliphatic rings. The van der Waals surface area contributed by atoms with E-state index in [-0.39, 0.29) is 0 Å². The fourth-order valence-corrected chi connectivity index (χ4v) is 2.35. The number of nitrogens with two attached hydrogens (primary N) is 1. The van der Waals surface area contributed by atoms with Crippen molar-refractivity contribution < 1.29 is 0 Å². The molecule has 2 rings (SSSR count). The number of hydrogen-bond acceptors (Lipinski definition) is 4. The predicted molar refractivity (Wildman–Crippen MR) is 79.2 cm³/mol. The lowest BCUT2D eigenvalue weighted by molar-refractivity contribution is 0.990. The summed E-state index contributed by atoms with van der Waals surface area (Å²) in [5.74, 6) is 0.627. The Kier molecular flexibility index (Phi) is 4.12. The van der Waals surface area contributed by atoms with Gasteiger partial charge in [-0.1, -0.05) is 17.7 Å². The second kappa shape index (κ2) is 5.80. The van der Waals surface area contributed by atoms with Gasteiger partial charge in [0.15, 0.2) is 0 Å². The summed E-state index contributed by atoms with van der Waals surface area (Å²) in [6.07, 6.45) is 1.78. The maximum absolute atomic E-state index is 5.47. The Labute approximate surface area is 114 Å². The molecule has 0 bridgehead atoms. The molecule has 0 fully saturated rings. The van der Waals surface area contributed by atoms with Gasteiger partial charge in [-0.25, -0.2) is 9.97 Å². The van der Waals surface area contributed by atoms with E-state index in [1.807, 2.05) is 6.07 Å². The Morgan fingerprint density at radius 3 is 2.47 bits per heavy atom. The highest BCUT2D eigenvalue weighted by molar-refractivity contribution is 5.68. The van der Waals surface area contributed by atoms with Gasteiger partial charge in [-0.15, -0.1) is 0 Å². The largest absolute Gasteiger partial charge is 0.353 e. The lowest BCUT2D eigenvalue weighted by atomic mass is 9.97. The first-order valence-electron chi connectivity index (χ1n) is 6.47. The fourth-order valence-electron chi connectivity index (χ4n) is 2.35. The van der Waals surface area contributed by atoms with Crippen LogP contribution in [0.2, 0.25) is 0 Å². The van der Waals surface area contributed by atoms with Gasteiger partial charge in [0, 0.05) is 24.8 Å². The monoisotopic (exact) mass is 256 g/mol. The molecule has 0 aliphatic heterocycles. The van der Waals surface area contributed by atoms with Crippen LogP contribution in [0, 0.1) is 20.8 Å². The average Bonchev–Trinajstić information content (AvgIpc) is 2.35. The van der Waals surface area contributed by atoms with Crippen molar-refractivity contribution in [3.8, 4) is 11.3 Å². The zero-order valence-corrected chi connectivity index (χ0v) is 11.7. The lowest BCUT2D eigenvalue weighted by Gasteiger charge is -2.12. The molecule has 1 aromatic heterocycles. The van der Waals surface area contributed by atoms with Crippen molar-refractivity contribution in [2.45, 2.75) is 20.8 Å². The van der Waals surface area contributed by atoms with E-state index in [4.69, 9.17) is 5.73 Å². The minimum atomic E-state index is 0.566. The van der Waals surface area contributed by atoms with Crippen molar-refractivity contribution in [2.75, 3.05) is 18.4 Å². The number of rotatable bonds is 4. The minimum absolute atomic E-state index is 0.566. The van der Waals surface area contributed by atoms with Gasteiger partial charge in [-0.3, -0.25) is 0 Å². The Morgan fingerprint density at radius 1 is 1.16 bits per heavy atom. The maximum atomic E-state index is 5.47. The Morgan fingerprint density at radius 2 is 1.84 bits per heavy atom. The first-order valence-corrected chi connectivity index (χ1v) is 6.47. The van der Waals surface area contributed by atoms with Crippen molar-refractivity contribution in [3.05, 3.63) is 41.1 Å². The topological polar surface area (TPSA) is 63.8 Å². The molecule has 4 heteroatoms. The summed E-state index contributed by atoms with van der Waals surface area (Å²) in [7, 11) is 0. The van der Waals surface area contributed by atoms with Crippen LogP contribution in [-0.2, 0) is 0 Å². The van der Waals surface area contributed by atoms with Crippen molar-refractivity contribution in [2.24, 2.45) is 5.73 Å². The highest BCUT2D eigenvalue weighted by atomic mass is 15.1. The molecule has 1 heterocycles. The number of anilines is 1. The van der Waals surface area contributed by atoms with E-state index < -0.39 is 0 Å². The Bertz CT molecular complexity index is 555. The van der Waals surface area contributed by atoms with Crippen LogP contribution >= 0.6 is 0 Å². The van der Waals surface area contributed by atoms with Crippen LogP contribution in [0.1, 0.15) is 16.7 Å². The van der Waals surface area contributed by atoms with Crippen molar-refractivity contribution >= 4 is 5.95 Å². The third kappa shape index (κ3) is 3.09. The molecular weight excluding hydrogens is 236 g/mol. The molecule has 0 spiro atoms. The summed E-state index contributed by atoms with van der Waals surface area (Å²) in [5.41, 5.74) is 11.4. The summed E-state index contributed by atoms with van der Waals surface area (Å²) < 4.78 is 0. The van der Waals surface area contributed by atoms with Gasteiger partial charge in [0.05, 0.1) is 5.69 Å². The number of aryl methyl sites for hydroxylation is 3. The zero-order valence-electron chi connectivity index (χ0n) is 11.7. The first-order chi connectivity index (χ1) is 9.11. The van der Waals surface area contributed by atoms with Crippen LogP contribution in [0.15, 0.2) is 24.4 Å². The van der Waals surface area contributed by atoms with Gasteiger partial charge in [0.1, 0.15) is 0 Å². The average molecular weight is 256 g/mol. The zero-order chi connectivity index (χ0) is 13.8. The molecule has 0 atom stereocenters. The lowest BCUT2D eigenvalue weighted by Crippen LogP contribution is -2.14. The molecule has 0 aliphatic carbocycles. The van der Waals surface area contributed by atoms with Crippen LogP contribution in [0.5, 0.6) is 0 Å². The number of aromatic nitrogens is 2. The molecule has 2 aromatic rings. The van der Waals surface area contributed by atoms with E-state index in [0.29, 0.717) is 19.0 Å². The first kappa shape index (κ1) is 13.5. The fraction of sp³-hybridized carbons (Fsp3) is 0.333. The van der Waals surface area contributed by atoms with E-state index >= 15 is 0 Å². The summed E-state index contributed by atoms with van der Waals surface area (Å²) in [6.45, 7) is 7.58. The molecule has 0 saturated carbocycles. The minimum Gasteiger partial charge on any atom is -0.353 e. The third-order valence-corrected chi connectivity index (χ3v) is 3.02. The molecule has 100 valence electrons. The number of benzene rings is 1. The van der Waals surface area contributed by atoms with Crippen molar-refractivity contribution in [3.63, 3.8) is 0 Å². The normalized spacial score (nSPS) is 10.5. The maximum Gasteiger partial charge on any atom is 0.223 e. The molecule has 1 aromatic carbocycles. The number of hydrogen-bond donors (Lipinski definition) is 2. The SMILES string of the molecule is Cc1cc(C)c(-c2ccnc(NCCN)n2)c(C)c1. The van der Waals surface area contributed by atoms with Gasteiger partial charge >= 0.3 is 0 Å². The van der Waals surface area contributed by atoms with Crippen LogP contribution in [-0.4, -0.2) is 23.1 Å². The third-order valence-electron chi connectivity index (χ3n) is 3.02. The number of nitrogens with one attached hydrogen (secondary N) is 1. The highest BCUT2D eigenvalue weighted by Gasteiger charge is 2.09. The van der Waals surface area contributed by atoms with Crippen LogP contribution in [0.3, 0.4) is 0 Å². The van der Waals surface area contributed by atoms with Crippen LogP contribution in [0.25, 0.3) is 11.3 Å². The Hall–Kier alpha value is -1.94. The molecule has 0 unspecified atom stereocenters. The van der Waals surface area contributed by atoms with Gasteiger partial charge in [0.2, 0.25) is 5.95 Å². The van der Waals surface area contributed by atoms with E-state index in [2.05, 4.69) is 48.2 Å². The summed E-state index contributed by atoms with van der Waals surface area (Å²) >= 11 is 0. The molecule has 0 saturated heterocycles. The molecule has 4 nitrogen and oxygen atoms in total. The van der Waals surface area contributed by atoms with E-state index in [9.17, 15) is 0 Å². The van der Waals surface area contributed by atoms with Crippen molar-refractivity contribution in [1.82, 2.24) is 9.97 Å². The predicted octanol–water partition coefficient (Wildman–Crippen LogP) is 2.44. The Balaban J connectivity index is 2.42. The van der Waals surface area contributed by atoms with Gasteiger partial charge in [-0.05, 0) is 38.0 Å². The van der Waals surface area contributed by atoms with Crippen molar-refractivity contribution in [1.29, 1.82) is 0 Å². The summed E-state index contributed by atoms with van der Waals surface area (Å²) in [5, 5.41) is 3.11. The number of nitrogens with zero attached hydrogens (tertiary/aromatic N) is 2. The molecule has 19 heavy (non-hydrogen) atoms. The van der Waals surface area contributed by atoms with Gasteiger partial charge in [0.25, 0.3) is 0 Å². The van der Waals surface area contributed by atoms with Gasteiger partial charge in [-0.2, -0.15) is 0 Å². The molecule has 0 amide bonds. The second-order valence-corrected chi connectivity index (χ2v) is 4.75. The van der Waals surface area contributed by atoms with Crippen LogP contribution < -0.4 is 11.1 Å². The summed E-state index contributed by atoms with van der Waals surface area (Å²) in [4.78, 5) is 8.76. The van der Waals surface area contributed by atoms with E-state index in [1.54, 1.807) is 6.20 Å². The molecular formula is C15H20N4. The van der Waals surface area contributed by atoms with E-state index in [1.165, 1.54) is 22.3 Å². The second-order valence-electron chi connectivity index (χ2n) is 4.75. The van der Waals surface area contributed by atoms with Crippen LogP contribution in [0.4, 0.5) is 5.95 Å². The molecule has 0 radical (unpaired) electrons. The highest BCUT2D eigenvalue weighted by Crippen LogP contribution is 2.27. The van der Waals surface area contributed by atoms with E-state index in [0.717, 1.165) is 5.69 Å². The molecule has 3 N–H and O–H groups in total.